The van der Waals surface area contributed by atoms with Crippen LogP contribution in [0.5, 0.6) is 0 Å². The fourth-order valence-corrected chi connectivity index (χ4v) is 5.02. The summed E-state index contributed by atoms with van der Waals surface area (Å²) in [5, 5.41) is 2.11. The SMILES string of the molecule is Brc1cnc2c(ccc3cc(-c4ccc(-c5nc(-c6ccccc6)nc(-c6ccccc6)n5)cc4)cnc32)c1. The van der Waals surface area contributed by atoms with Crippen LogP contribution in [-0.4, -0.2) is 24.9 Å². The zero-order valence-corrected chi connectivity index (χ0v) is 22.2. The van der Waals surface area contributed by atoms with E-state index in [1.165, 1.54) is 0 Å². The summed E-state index contributed by atoms with van der Waals surface area (Å²) in [4.78, 5) is 23.8. The maximum absolute atomic E-state index is 4.83. The van der Waals surface area contributed by atoms with Gasteiger partial charge in [0.1, 0.15) is 0 Å². The zero-order chi connectivity index (χ0) is 26.2. The van der Waals surface area contributed by atoms with Crippen LogP contribution in [0, 0.1) is 0 Å². The van der Waals surface area contributed by atoms with Gasteiger partial charge in [-0.15, -0.1) is 0 Å². The van der Waals surface area contributed by atoms with Crippen LogP contribution in [0.2, 0.25) is 0 Å². The van der Waals surface area contributed by atoms with Crippen molar-refractivity contribution in [3.8, 4) is 45.3 Å². The smallest absolute Gasteiger partial charge is 0.164 e. The van der Waals surface area contributed by atoms with Crippen molar-refractivity contribution >= 4 is 37.7 Å². The van der Waals surface area contributed by atoms with Crippen LogP contribution in [0.15, 0.2) is 126 Å². The topological polar surface area (TPSA) is 64.5 Å². The molecule has 0 aliphatic carbocycles. The second kappa shape index (κ2) is 9.82. The minimum atomic E-state index is 0.634. The van der Waals surface area contributed by atoms with E-state index in [0.717, 1.165) is 54.1 Å². The van der Waals surface area contributed by atoms with E-state index in [4.69, 9.17) is 19.9 Å². The molecule has 7 rings (SSSR count). The number of pyridine rings is 2. The van der Waals surface area contributed by atoms with Crippen LogP contribution in [0.25, 0.3) is 67.1 Å². The largest absolute Gasteiger partial charge is 0.253 e. The van der Waals surface area contributed by atoms with E-state index in [-0.39, 0.29) is 0 Å². The predicted molar refractivity (Wildman–Crippen MR) is 160 cm³/mol. The fraction of sp³-hybridized carbons (Fsp3) is 0. The second-order valence-electron chi connectivity index (χ2n) is 9.20. The van der Waals surface area contributed by atoms with Crippen molar-refractivity contribution in [1.82, 2.24) is 24.9 Å². The molecule has 39 heavy (non-hydrogen) atoms. The Kier molecular flexibility index (Phi) is 5.87. The summed E-state index contributed by atoms with van der Waals surface area (Å²) in [5.41, 5.74) is 6.72. The van der Waals surface area contributed by atoms with Gasteiger partial charge in [0.25, 0.3) is 0 Å². The molecule has 6 heteroatoms. The molecule has 0 amide bonds. The number of nitrogens with zero attached hydrogens (tertiary/aromatic N) is 5. The molecule has 0 atom stereocenters. The van der Waals surface area contributed by atoms with Crippen LogP contribution >= 0.6 is 15.9 Å². The van der Waals surface area contributed by atoms with E-state index in [1.54, 1.807) is 0 Å². The third kappa shape index (κ3) is 4.56. The van der Waals surface area contributed by atoms with Gasteiger partial charge in [0.2, 0.25) is 0 Å². The molecule has 0 aliphatic heterocycles. The highest BCUT2D eigenvalue weighted by Gasteiger charge is 2.13. The molecular formula is C33H20BrN5. The molecule has 7 aromatic rings. The summed E-state index contributed by atoms with van der Waals surface area (Å²) in [7, 11) is 0. The van der Waals surface area contributed by atoms with Gasteiger partial charge in [-0.1, -0.05) is 97.1 Å². The Labute approximate surface area is 233 Å². The third-order valence-electron chi connectivity index (χ3n) is 6.64. The number of fused-ring (bicyclic) bond motifs is 3. The van der Waals surface area contributed by atoms with Crippen LogP contribution in [0.3, 0.4) is 0 Å². The van der Waals surface area contributed by atoms with Crippen molar-refractivity contribution in [1.29, 1.82) is 0 Å². The first-order valence-electron chi connectivity index (χ1n) is 12.5. The molecule has 0 saturated carbocycles. The highest BCUT2D eigenvalue weighted by atomic mass is 79.9. The normalized spacial score (nSPS) is 11.2. The maximum atomic E-state index is 4.83. The minimum Gasteiger partial charge on any atom is -0.253 e. The van der Waals surface area contributed by atoms with Crippen molar-refractivity contribution in [2.75, 3.05) is 0 Å². The summed E-state index contributed by atoms with van der Waals surface area (Å²) >= 11 is 3.50. The van der Waals surface area contributed by atoms with Crippen LogP contribution < -0.4 is 0 Å². The Bertz CT molecular complexity index is 1900. The van der Waals surface area contributed by atoms with Crippen molar-refractivity contribution in [3.05, 3.63) is 126 Å². The molecule has 0 fully saturated rings. The summed E-state index contributed by atoms with van der Waals surface area (Å²) in [5.74, 6) is 1.93. The molecule has 0 bridgehead atoms. The van der Waals surface area contributed by atoms with Crippen molar-refractivity contribution < 1.29 is 0 Å². The van der Waals surface area contributed by atoms with E-state index in [0.29, 0.717) is 17.5 Å². The molecule has 0 saturated heterocycles. The molecule has 0 N–H and O–H groups in total. The average molecular weight is 566 g/mol. The lowest BCUT2D eigenvalue weighted by Gasteiger charge is -2.09. The summed E-state index contributed by atoms with van der Waals surface area (Å²) in [6, 6.07) is 36.7. The van der Waals surface area contributed by atoms with E-state index < -0.39 is 0 Å². The second-order valence-corrected chi connectivity index (χ2v) is 10.1. The molecule has 0 aliphatic rings. The number of hydrogen-bond acceptors (Lipinski definition) is 5. The average Bonchev–Trinajstić information content (AvgIpc) is 3.01. The van der Waals surface area contributed by atoms with Gasteiger partial charge in [0.15, 0.2) is 17.5 Å². The molecule has 5 nitrogen and oxygen atoms in total. The minimum absolute atomic E-state index is 0.634. The fourth-order valence-electron chi connectivity index (χ4n) is 4.67. The summed E-state index contributed by atoms with van der Waals surface area (Å²) in [6.07, 6.45) is 3.72. The molecule has 3 heterocycles. The predicted octanol–water partition coefficient (Wildman–Crippen LogP) is 8.40. The van der Waals surface area contributed by atoms with E-state index in [2.05, 4.69) is 69.4 Å². The van der Waals surface area contributed by atoms with E-state index >= 15 is 0 Å². The van der Waals surface area contributed by atoms with Crippen LogP contribution in [0.1, 0.15) is 0 Å². The zero-order valence-electron chi connectivity index (χ0n) is 20.7. The number of halogens is 1. The molecule has 0 unspecified atom stereocenters. The van der Waals surface area contributed by atoms with Gasteiger partial charge in [0, 0.05) is 49.9 Å². The molecular weight excluding hydrogens is 546 g/mol. The molecule has 3 aromatic heterocycles. The lowest BCUT2D eigenvalue weighted by atomic mass is 10.0. The van der Waals surface area contributed by atoms with E-state index in [9.17, 15) is 0 Å². The summed E-state index contributed by atoms with van der Waals surface area (Å²) < 4.78 is 0.955. The maximum Gasteiger partial charge on any atom is 0.164 e. The number of benzene rings is 4. The first-order chi connectivity index (χ1) is 19.2. The third-order valence-corrected chi connectivity index (χ3v) is 7.08. The van der Waals surface area contributed by atoms with Crippen molar-refractivity contribution in [2.24, 2.45) is 0 Å². The van der Waals surface area contributed by atoms with Crippen molar-refractivity contribution in [2.45, 2.75) is 0 Å². The van der Waals surface area contributed by atoms with Gasteiger partial charge >= 0.3 is 0 Å². The first-order valence-corrected chi connectivity index (χ1v) is 13.3. The van der Waals surface area contributed by atoms with Crippen LogP contribution in [0.4, 0.5) is 0 Å². The summed E-state index contributed by atoms with van der Waals surface area (Å²) in [6.45, 7) is 0. The lowest BCUT2D eigenvalue weighted by molar-refractivity contribution is 1.07. The molecule has 4 aromatic carbocycles. The lowest BCUT2D eigenvalue weighted by Crippen LogP contribution is -2.00. The standard InChI is InChI=1S/C33H20BrN5/c34-28-18-26-16-15-25-17-27(19-35-29(25)30(26)36-20-28)21-11-13-24(14-12-21)33-38-31(22-7-3-1-4-8-22)37-32(39-33)23-9-5-2-6-10-23/h1-20H. The molecule has 184 valence electrons. The Hall–Kier alpha value is -4.81. The molecule has 0 spiro atoms. The van der Waals surface area contributed by atoms with Gasteiger partial charge in [-0.3, -0.25) is 9.97 Å². The number of hydrogen-bond donors (Lipinski definition) is 0. The Balaban J connectivity index is 1.28. The Morgan fingerprint density at radius 3 is 1.44 bits per heavy atom. The molecule has 0 radical (unpaired) electrons. The van der Waals surface area contributed by atoms with Gasteiger partial charge in [-0.25, -0.2) is 15.0 Å². The van der Waals surface area contributed by atoms with Gasteiger partial charge < -0.3 is 0 Å². The van der Waals surface area contributed by atoms with Crippen molar-refractivity contribution in [3.63, 3.8) is 0 Å². The van der Waals surface area contributed by atoms with E-state index in [1.807, 2.05) is 73.1 Å². The van der Waals surface area contributed by atoms with Gasteiger partial charge in [0.05, 0.1) is 11.0 Å². The van der Waals surface area contributed by atoms with Crippen LogP contribution in [-0.2, 0) is 0 Å². The van der Waals surface area contributed by atoms with Gasteiger partial charge in [-0.05, 0) is 33.6 Å². The number of rotatable bonds is 4. The Morgan fingerprint density at radius 2 is 0.872 bits per heavy atom. The Morgan fingerprint density at radius 1 is 0.410 bits per heavy atom. The monoisotopic (exact) mass is 565 g/mol. The highest BCUT2D eigenvalue weighted by Crippen LogP contribution is 2.30. The quantitative estimate of drug-likeness (QED) is 0.200. The number of aromatic nitrogens is 5. The highest BCUT2D eigenvalue weighted by molar-refractivity contribution is 9.10. The first kappa shape index (κ1) is 23.3. The van der Waals surface area contributed by atoms with Gasteiger partial charge in [-0.2, -0.15) is 0 Å².